The second kappa shape index (κ2) is 11.2. The normalized spacial score (nSPS) is 18.0. The van der Waals surface area contributed by atoms with E-state index < -0.39 is 5.82 Å². The van der Waals surface area contributed by atoms with E-state index in [4.69, 9.17) is 11.6 Å². The first-order valence-corrected chi connectivity index (χ1v) is 12.7. The molecule has 2 aromatic carbocycles. The van der Waals surface area contributed by atoms with Crippen LogP contribution in [0.1, 0.15) is 29.6 Å². The van der Waals surface area contributed by atoms with Crippen molar-refractivity contribution in [3.63, 3.8) is 0 Å². The van der Waals surface area contributed by atoms with Crippen molar-refractivity contribution in [2.24, 2.45) is 5.92 Å². The van der Waals surface area contributed by atoms with Crippen LogP contribution in [-0.2, 0) is 0 Å². The zero-order valence-corrected chi connectivity index (χ0v) is 21.3. The van der Waals surface area contributed by atoms with Gasteiger partial charge in [-0.3, -0.25) is 14.7 Å². The third-order valence-corrected chi connectivity index (χ3v) is 7.11. The molecule has 1 aliphatic heterocycles. The summed E-state index contributed by atoms with van der Waals surface area (Å²) in [5, 5.41) is 16.2. The number of piperidine rings is 1. The number of fused-ring (bicyclic) bond motifs is 1. The summed E-state index contributed by atoms with van der Waals surface area (Å²) in [4.78, 5) is 19.3. The molecule has 0 saturated carbocycles. The number of hydrogen-bond donors (Lipinski definition) is 2. The SMILES string of the molecule is CN1CCC(CCNC(=O)c2ccc3cccnc3c2)CC1Nc1cnnc(-c2cc(Cl)ccc2F)c1. The van der Waals surface area contributed by atoms with Crippen molar-refractivity contribution in [2.45, 2.75) is 25.4 Å². The molecule has 9 heteroatoms. The molecule has 190 valence electrons. The van der Waals surface area contributed by atoms with Crippen LogP contribution >= 0.6 is 11.6 Å². The van der Waals surface area contributed by atoms with E-state index in [1.807, 2.05) is 30.3 Å². The highest BCUT2D eigenvalue weighted by Crippen LogP contribution is 2.28. The second-order valence-electron chi connectivity index (χ2n) is 9.44. The first-order chi connectivity index (χ1) is 18.0. The minimum Gasteiger partial charge on any atom is -0.368 e. The molecule has 3 heterocycles. The van der Waals surface area contributed by atoms with E-state index in [9.17, 15) is 9.18 Å². The predicted octanol–water partition coefficient (Wildman–Crippen LogP) is 5.38. The summed E-state index contributed by atoms with van der Waals surface area (Å²) in [6.07, 6.45) is 6.31. The number of amides is 1. The Labute approximate surface area is 220 Å². The molecule has 2 unspecified atom stereocenters. The molecular formula is C28H28ClFN6O. The van der Waals surface area contributed by atoms with E-state index in [0.717, 1.165) is 42.4 Å². The molecule has 2 aromatic heterocycles. The molecule has 0 radical (unpaired) electrons. The van der Waals surface area contributed by atoms with Crippen molar-refractivity contribution in [1.82, 2.24) is 25.4 Å². The van der Waals surface area contributed by atoms with Gasteiger partial charge in [0.2, 0.25) is 0 Å². The summed E-state index contributed by atoms with van der Waals surface area (Å²) in [5.74, 6) is -0.0293. The van der Waals surface area contributed by atoms with Gasteiger partial charge in [0.15, 0.2) is 0 Å². The Kier molecular flexibility index (Phi) is 7.58. The number of pyridine rings is 1. The highest BCUT2D eigenvalue weighted by molar-refractivity contribution is 6.30. The van der Waals surface area contributed by atoms with Crippen LogP contribution in [0.4, 0.5) is 10.1 Å². The zero-order valence-electron chi connectivity index (χ0n) is 20.5. The molecule has 1 amide bonds. The Morgan fingerprint density at radius 1 is 1.19 bits per heavy atom. The first kappa shape index (κ1) is 25.0. The monoisotopic (exact) mass is 518 g/mol. The lowest BCUT2D eigenvalue weighted by atomic mass is 9.91. The Hall–Kier alpha value is -3.62. The molecule has 1 saturated heterocycles. The standard InChI is InChI=1S/C28H28ClFN6O/c1-36-12-9-18(8-11-32-28(37)20-5-4-19-3-2-10-31-25(19)14-20)13-27(36)34-22-16-26(35-33-17-22)23-15-21(29)6-7-24(23)30/h2-7,10,14-18,27H,8-9,11-13H2,1H3,(H,32,37)(H,34,35). The Bertz CT molecular complexity index is 1420. The molecule has 1 fully saturated rings. The largest absolute Gasteiger partial charge is 0.368 e. The molecule has 4 aromatic rings. The van der Waals surface area contributed by atoms with Crippen molar-refractivity contribution >= 4 is 34.1 Å². The van der Waals surface area contributed by atoms with Gasteiger partial charge in [-0.2, -0.15) is 10.2 Å². The average Bonchev–Trinajstić information content (AvgIpc) is 2.91. The van der Waals surface area contributed by atoms with E-state index in [-0.39, 0.29) is 12.1 Å². The Morgan fingerprint density at radius 2 is 2.08 bits per heavy atom. The van der Waals surface area contributed by atoms with Crippen LogP contribution in [0.2, 0.25) is 5.02 Å². The van der Waals surface area contributed by atoms with Crippen molar-refractivity contribution in [1.29, 1.82) is 0 Å². The quantitative estimate of drug-likeness (QED) is 0.341. The summed E-state index contributed by atoms with van der Waals surface area (Å²) in [5.41, 5.74) is 2.93. The van der Waals surface area contributed by atoms with Crippen molar-refractivity contribution in [2.75, 3.05) is 25.5 Å². The first-order valence-electron chi connectivity index (χ1n) is 12.3. The third-order valence-electron chi connectivity index (χ3n) is 6.88. The van der Waals surface area contributed by atoms with Crippen LogP contribution in [0.25, 0.3) is 22.2 Å². The van der Waals surface area contributed by atoms with Crippen molar-refractivity contribution < 1.29 is 9.18 Å². The molecule has 5 rings (SSSR count). The zero-order chi connectivity index (χ0) is 25.8. The fraction of sp³-hybridized carbons (Fsp3) is 0.286. The highest BCUT2D eigenvalue weighted by atomic mass is 35.5. The number of likely N-dealkylation sites (tertiary alicyclic amines) is 1. The maximum Gasteiger partial charge on any atom is 0.251 e. The average molecular weight is 519 g/mol. The lowest BCUT2D eigenvalue weighted by Crippen LogP contribution is -2.45. The number of carbonyl (C=O) groups excluding carboxylic acids is 1. The van der Waals surface area contributed by atoms with E-state index in [2.05, 4.69) is 37.8 Å². The fourth-order valence-electron chi connectivity index (χ4n) is 4.75. The van der Waals surface area contributed by atoms with Crippen LogP contribution in [0.3, 0.4) is 0 Å². The predicted molar refractivity (Wildman–Crippen MR) is 144 cm³/mol. The lowest BCUT2D eigenvalue weighted by Gasteiger charge is -2.38. The van der Waals surface area contributed by atoms with E-state index in [0.29, 0.717) is 34.3 Å². The molecule has 0 aliphatic carbocycles. The minimum absolute atomic E-state index is 0.0845. The number of anilines is 1. The van der Waals surface area contributed by atoms with Gasteiger partial charge in [0.1, 0.15) is 5.82 Å². The van der Waals surface area contributed by atoms with Gasteiger partial charge in [-0.25, -0.2) is 4.39 Å². The topological polar surface area (TPSA) is 83.0 Å². The van der Waals surface area contributed by atoms with Crippen LogP contribution in [0, 0.1) is 11.7 Å². The van der Waals surface area contributed by atoms with Gasteiger partial charge in [0, 0.05) is 40.8 Å². The van der Waals surface area contributed by atoms with Crippen LogP contribution in [-0.4, -0.2) is 52.3 Å². The van der Waals surface area contributed by atoms with E-state index in [1.165, 1.54) is 12.1 Å². The summed E-state index contributed by atoms with van der Waals surface area (Å²) in [7, 11) is 2.08. The van der Waals surface area contributed by atoms with E-state index in [1.54, 1.807) is 24.5 Å². The summed E-state index contributed by atoms with van der Waals surface area (Å²) in [6.45, 7) is 1.54. The maximum absolute atomic E-state index is 14.3. The Balaban J connectivity index is 1.17. The number of halogens is 2. The van der Waals surface area contributed by atoms with Gasteiger partial charge >= 0.3 is 0 Å². The molecule has 7 nitrogen and oxygen atoms in total. The van der Waals surface area contributed by atoms with E-state index >= 15 is 0 Å². The lowest BCUT2D eigenvalue weighted by molar-refractivity contribution is 0.0946. The molecule has 37 heavy (non-hydrogen) atoms. The van der Waals surface area contributed by atoms with Crippen LogP contribution < -0.4 is 10.6 Å². The van der Waals surface area contributed by atoms with Crippen LogP contribution in [0.15, 0.2) is 67.0 Å². The molecule has 2 atom stereocenters. The second-order valence-corrected chi connectivity index (χ2v) is 9.88. The molecule has 2 N–H and O–H groups in total. The number of nitrogens with one attached hydrogen (secondary N) is 2. The van der Waals surface area contributed by atoms with Crippen molar-refractivity contribution in [3.05, 3.63) is 83.4 Å². The maximum atomic E-state index is 14.3. The number of aromatic nitrogens is 3. The van der Waals surface area contributed by atoms with Gasteiger partial charge in [-0.15, -0.1) is 0 Å². The molecule has 0 spiro atoms. The molecular weight excluding hydrogens is 491 g/mol. The fourth-order valence-corrected chi connectivity index (χ4v) is 4.92. The number of hydrogen-bond acceptors (Lipinski definition) is 6. The highest BCUT2D eigenvalue weighted by Gasteiger charge is 2.26. The van der Waals surface area contributed by atoms with Gasteiger partial charge in [-0.05, 0) is 74.7 Å². The van der Waals surface area contributed by atoms with Gasteiger partial charge < -0.3 is 10.6 Å². The summed E-state index contributed by atoms with van der Waals surface area (Å²) >= 11 is 6.05. The number of carbonyl (C=O) groups is 1. The number of nitrogens with zero attached hydrogens (tertiary/aromatic N) is 4. The number of rotatable bonds is 7. The minimum atomic E-state index is -0.396. The third kappa shape index (κ3) is 6.03. The van der Waals surface area contributed by atoms with Crippen molar-refractivity contribution in [3.8, 4) is 11.3 Å². The van der Waals surface area contributed by atoms with Gasteiger partial charge in [0.25, 0.3) is 5.91 Å². The summed E-state index contributed by atoms with van der Waals surface area (Å²) in [6, 6.07) is 15.6. The molecule has 1 aliphatic rings. The van der Waals surface area contributed by atoms with Gasteiger partial charge in [-0.1, -0.05) is 23.7 Å². The van der Waals surface area contributed by atoms with Crippen LogP contribution in [0.5, 0.6) is 0 Å². The Morgan fingerprint density at radius 3 is 2.97 bits per heavy atom. The number of benzene rings is 2. The summed E-state index contributed by atoms with van der Waals surface area (Å²) < 4.78 is 14.3. The molecule has 0 bridgehead atoms. The van der Waals surface area contributed by atoms with Gasteiger partial charge in [0.05, 0.1) is 29.3 Å². The smallest absolute Gasteiger partial charge is 0.251 e.